The number of methoxy groups -OCH3 is 1. The second-order valence-electron chi connectivity index (χ2n) is 6.74. The smallest absolute Gasteiger partial charge is 0.191 e. The summed E-state index contributed by atoms with van der Waals surface area (Å²) < 4.78 is 35.8. The van der Waals surface area contributed by atoms with Crippen LogP contribution in [0.4, 0.5) is 0 Å². The quantitative estimate of drug-likeness (QED) is 0.189. The van der Waals surface area contributed by atoms with E-state index in [1.54, 1.807) is 37.4 Å². The molecule has 172 valence electrons. The van der Waals surface area contributed by atoms with E-state index < -0.39 is 9.84 Å². The summed E-state index contributed by atoms with van der Waals surface area (Å²) in [5.41, 5.74) is 0. The highest BCUT2D eigenvalue weighted by Crippen LogP contribution is 2.20. The van der Waals surface area contributed by atoms with Gasteiger partial charge in [-0.05, 0) is 44.5 Å². The van der Waals surface area contributed by atoms with Gasteiger partial charge >= 0.3 is 0 Å². The summed E-state index contributed by atoms with van der Waals surface area (Å²) in [4.78, 5) is 4.89. The van der Waals surface area contributed by atoms with Gasteiger partial charge in [-0.1, -0.05) is 24.3 Å². The van der Waals surface area contributed by atoms with Crippen molar-refractivity contribution in [1.29, 1.82) is 0 Å². The molecule has 0 spiro atoms. The van der Waals surface area contributed by atoms with Crippen molar-refractivity contribution < 1.29 is 17.9 Å². The molecule has 9 heteroatoms. The average molecular weight is 561 g/mol. The highest BCUT2D eigenvalue weighted by Gasteiger charge is 2.13. The molecule has 0 heterocycles. The number of sulfone groups is 1. The van der Waals surface area contributed by atoms with Gasteiger partial charge < -0.3 is 20.1 Å². The number of guanidine groups is 1. The maximum atomic E-state index is 12.3. The molecule has 2 aromatic carbocycles. The summed E-state index contributed by atoms with van der Waals surface area (Å²) in [5.74, 6) is 2.18. The number of rotatable bonds is 11. The van der Waals surface area contributed by atoms with Crippen LogP contribution in [0.3, 0.4) is 0 Å². The third-order valence-electron chi connectivity index (χ3n) is 4.21. The third kappa shape index (κ3) is 9.77. The highest BCUT2D eigenvalue weighted by molar-refractivity contribution is 14.0. The zero-order valence-electron chi connectivity index (χ0n) is 18.2. The van der Waals surface area contributed by atoms with Crippen molar-refractivity contribution in [3.8, 4) is 11.5 Å². The first-order valence-electron chi connectivity index (χ1n) is 10.1. The molecule has 0 saturated carbocycles. The van der Waals surface area contributed by atoms with Crippen LogP contribution < -0.4 is 20.1 Å². The number of halogens is 1. The van der Waals surface area contributed by atoms with Crippen molar-refractivity contribution in [1.82, 2.24) is 10.6 Å². The van der Waals surface area contributed by atoms with Gasteiger partial charge in [0, 0.05) is 19.2 Å². The predicted octanol–water partition coefficient (Wildman–Crippen LogP) is 3.50. The largest absolute Gasteiger partial charge is 0.497 e. The van der Waals surface area contributed by atoms with Crippen LogP contribution >= 0.6 is 24.0 Å². The minimum Gasteiger partial charge on any atom is -0.497 e. The number of aliphatic imine (C=N–C) groups is 1. The Morgan fingerprint density at radius 2 is 1.77 bits per heavy atom. The lowest BCUT2D eigenvalue weighted by molar-refractivity contribution is 0.229. The molecule has 7 nitrogen and oxygen atoms in total. The Morgan fingerprint density at radius 3 is 2.45 bits per heavy atom. The fourth-order valence-electron chi connectivity index (χ4n) is 2.72. The van der Waals surface area contributed by atoms with Crippen LogP contribution in [0, 0.1) is 0 Å². The number of nitrogens with zero attached hydrogens (tertiary/aromatic N) is 1. The molecule has 0 aliphatic heterocycles. The molecule has 1 atom stereocenters. The van der Waals surface area contributed by atoms with Crippen LogP contribution in [0.25, 0.3) is 0 Å². The lowest BCUT2D eigenvalue weighted by Gasteiger charge is -2.15. The molecule has 31 heavy (non-hydrogen) atoms. The van der Waals surface area contributed by atoms with Gasteiger partial charge in [0.1, 0.15) is 17.6 Å². The first-order chi connectivity index (χ1) is 14.4. The normalized spacial score (nSPS) is 12.4. The summed E-state index contributed by atoms with van der Waals surface area (Å²) in [7, 11) is -1.65. The van der Waals surface area contributed by atoms with E-state index in [1.807, 2.05) is 38.1 Å². The third-order valence-corrected chi connectivity index (χ3v) is 6.03. The van der Waals surface area contributed by atoms with Gasteiger partial charge in [-0.2, -0.15) is 0 Å². The number of ether oxygens (including phenoxy) is 2. The Bertz CT molecular complexity index is 908. The van der Waals surface area contributed by atoms with Crippen molar-refractivity contribution in [3.63, 3.8) is 0 Å². The Kier molecular flexibility index (Phi) is 12.3. The molecule has 0 fully saturated rings. The van der Waals surface area contributed by atoms with Crippen molar-refractivity contribution >= 4 is 39.8 Å². The second-order valence-corrected chi connectivity index (χ2v) is 8.85. The Morgan fingerprint density at radius 1 is 1.06 bits per heavy atom. The summed E-state index contributed by atoms with van der Waals surface area (Å²) in [6.45, 7) is 5.59. The van der Waals surface area contributed by atoms with Gasteiger partial charge in [-0.25, -0.2) is 13.4 Å². The standard InChI is InChI=1S/C22H31N3O4S.HI/c1-4-23-22(24-14-9-15-30(26,27)21-12-6-5-7-13-21)25-17-18(2)29-20-11-8-10-19(16-20)28-3;/h5-8,10-13,16,18H,4,9,14-15,17H2,1-3H3,(H2,23,24,25);1H. The fourth-order valence-corrected chi connectivity index (χ4v) is 4.05. The highest BCUT2D eigenvalue weighted by atomic mass is 127. The number of hydrogen-bond acceptors (Lipinski definition) is 5. The molecule has 0 amide bonds. The molecule has 0 aliphatic rings. The summed E-state index contributed by atoms with van der Waals surface area (Å²) in [6.07, 6.45) is 0.350. The lowest BCUT2D eigenvalue weighted by atomic mass is 10.3. The number of benzene rings is 2. The van der Waals surface area contributed by atoms with Crippen molar-refractivity contribution in [2.45, 2.75) is 31.3 Å². The monoisotopic (exact) mass is 561 g/mol. The van der Waals surface area contributed by atoms with Gasteiger partial charge in [0.05, 0.1) is 24.3 Å². The zero-order chi connectivity index (χ0) is 21.8. The number of nitrogens with one attached hydrogen (secondary N) is 2. The summed E-state index contributed by atoms with van der Waals surface area (Å²) >= 11 is 0. The summed E-state index contributed by atoms with van der Waals surface area (Å²) in [6, 6.07) is 16.0. The minimum atomic E-state index is -3.27. The van der Waals surface area contributed by atoms with Crippen molar-refractivity contribution in [2.24, 2.45) is 4.99 Å². The van der Waals surface area contributed by atoms with E-state index in [4.69, 9.17) is 9.47 Å². The zero-order valence-corrected chi connectivity index (χ0v) is 21.4. The molecule has 0 radical (unpaired) electrons. The van der Waals surface area contributed by atoms with E-state index in [0.717, 1.165) is 11.5 Å². The topological polar surface area (TPSA) is 89.0 Å². The SMILES string of the molecule is CCNC(=NCC(C)Oc1cccc(OC)c1)NCCCS(=O)(=O)c1ccccc1.I. The van der Waals surface area contributed by atoms with Gasteiger partial charge in [0.2, 0.25) is 0 Å². The van der Waals surface area contributed by atoms with Gasteiger partial charge in [0.25, 0.3) is 0 Å². The average Bonchev–Trinajstić information content (AvgIpc) is 2.75. The molecule has 0 bridgehead atoms. The molecule has 2 aromatic rings. The van der Waals surface area contributed by atoms with E-state index in [1.165, 1.54) is 0 Å². The lowest BCUT2D eigenvalue weighted by Crippen LogP contribution is -2.39. The minimum absolute atomic E-state index is 0. The van der Waals surface area contributed by atoms with Gasteiger partial charge in [-0.15, -0.1) is 24.0 Å². The first kappa shape index (κ1) is 27.0. The molecule has 2 rings (SSSR count). The van der Waals surface area contributed by atoms with Crippen LogP contribution in [-0.2, 0) is 9.84 Å². The first-order valence-corrected chi connectivity index (χ1v) is 11.7. The molecule has 1 unspecified atom stereocenters. The van der Waals surface area contributed by atoms with E-state index >= 15 is 0 Å². The maximum Gasteiger partial charge on any atom is 0.191 e. The van der Waals surface area contributed by atoms with Crippen LogP contribution in [0.5, 0.6) is 11.5 Å². The van der Waals surface area contributed by atoms with Crippen LogP contribution in [0.15, 0.2) is 64.5 Å². The molecular formula is C22H32IN3O4S. The van der Waals surface area contributed by atoms with E-state index in [0.29, 0.717) is 36.9 Å². The van der Waals surface area contributed by atoms with E-state index in [2.05, 4.69) is 15.6 Å². The fraction of sp³-hybridized carbons (Fsp3) is 0.409. The second kappa shape index (κ2) is 14.1. The number of hydrogen-bond donors (Lipinski definition) is 2. The van der Waals surface area contributed by atoms with Gasteiger partial charge in [0.15, 0.2) is 15.8 Å². The Labute approximate surface area is 202 Å². The Balaban J connectivity index is 0.00000480. The molecule has 0 saturated heterocycles. The van der Waals surface area contributed by atoms with Gasteiger partial charge in [-0.3, -0.25) is 0 Å². The summed E-state index contributed by atoms with van der Waals surface area (Å²) in [5, 5.41) is 6.34. The molecular weight excluding hydrogens is 529 g/mol. The maximum absolute atomic E-state index is 12.3. The van der Waals surface area contributed by atoms with Crippen LogP contribution in [0.2, 0.25) is 0 Å². The molecule has 0 aromatic heterocycles. The van der Waals surface area contributed by atoms with E-state index in [-0.39, 0.29) is 35.8 Å². The predicted molar refractivity (Wildman–Crippen MR) is 136 cm³/mol. The van der Waals surface area contributed by atoms with Crippen LogP contribution in [0.1, 0.15) is 20.3 Å². The van der Waals surface area contributed by atoms with Crippen molar-refractivity contribution in [2.75, 3.05) is 32.5 Å². The van der Waals surface area contributed by atoms with E-state index in [9.17, 15) is 8.42 Å². The Hall–Kier alpha value is -2.01. The van der Waals surface area contributed by atoms with Crippen LogP contribution in [-0.4, -0.2) is 53.0 Å². The molecule has 2 N–H and O–H groups in total. The van der Waals surface area contributed by atoms with Crippen molar-refractivity contribution in [3.05, 3.63) is 54.6 Å². The molecule has 0 aliphatic carbocycles.